The van der Waals surface area contributed by atoms with Gasteiger partial charge in [0.15, 0.2) is 0 Å². The van der Waals surface area contributed by atoms with Crippen LogP contribution in [-0.2, 0) is 0 Å². The number of unbranched alkanes of at least 4 members (excludes halogenated alkanes) is 7. The number of hydrogen-bond acceptors (Lipinski definition) is 0. The van der Waals surface area contributed by atoms with Gasteiger partial charge in [-0.1, -0.05) is 56.9 Å². The summed E-state index contributed by atoms with van der Waals surface area (Å²) < 4.78 is 0. The van der Waals surface area contributed by atoms with Gasteiger partial charge < -0.3 is 0 Å². The van der Waals surface area contributed by atoms with Gasteiger partial charge in [0.05, 0.1) is 0 Å². The van der Waals surface area contributed by atoms with E-state index in [1.807, 2.05) is 0 Å². The van der Waals surface area contributed by atoms with E-state index in [4.69, 9.17) is 0 Å². The molecule has 15 heavy (non-hydrogen) atoms. The Balaban J connectivity index is 3.01. The molecule has 0 saturated carbocycles. The van der Waals surface area contributed by atoms with Gasteiger partial charge in [0, 0.05) is 0 Å². The van der Waals surface area contributed by atoms with Gasteiger partial charge in [-0.15, -0.1) is 0 Å². The molecule has 0 aromatic rings. The Bertz CT molecular complexity index is 153. The van der Waals surface area contributed by atoms with Crippen LogP contribution in [0.2, 0.25) is 0 Å². The summed E-state index contributed by atoms with van der Waals surface area (Å²) in [6.45, 7) is 4.35. The van der Waals surface area contributed by atoms with E-state index >= 15 is 0 Å². The Hall–Kier alpha value is -0.520. The Morgan fingerprint density at radius 2 is 1.20 bits per heavy atom. The summed E-state index contributed by atoms with van der Waals surface area (Å²) in [4.78, 5) is 0. The number of rotatable bonds is 10. The van der Waals surface area contributed by atoms with Crippen molar-refractivity contribution in [2.75, 3.05) is 0 Å². The van der Waals surface area contributed by atoms with E-state index in [9.17, 15) is 0 Å². The molecule has 0 heteroatoms. The maximum Gasteiger partial charge on any atom is -0.0351 e. The first-order chi connectivity index (χ1) is 7.41. The molecule has 0 amide bonds. The van der Waals surface area contributed by atoms with Gasteiger partial charge in [-0.3, -0.25) is 0 Å². The lowest BCUT2D eigenvalue weighted by atomic mass is 10.1. The quantitative estimate of drug-likeness (QED) is 0.321. The van der Waals surface area contributed by atoms with Crippen molar-refractivity contribution in [1.29, 1.82) is 0 Å². The highest BCUT2D eigenvalue weighted by Crippen LogP contribution is 2.07. The second-order valence-corrected chi connectivity index (χ2v) is 4.17. The highest BCUT2D eigenvalue weighted by molar-refractivity contribution is 4.81. The summed E-state index contributed by atoms with van der Waals surface area (Å²) in [6, 6.07) is 0. The van der Waals surface area contributed by atoms with Crippen LogP contribution in [0.5, 0.6) is 0 Å². The van der Waals surface area contributed by atoms with Crippen LogP contribution in [0.25, 0.3) is 0 Å². The van der Waals surface area contributed by atoms with Crippen LogP contribution in [0.3, 0.4) is 0 Å². The zero-order chi connectivity index (χ0) is 11.2. The van der Waals surface area contributed by atoms with Crippen molar-refractivity contribution in [1.82, 2.24) is 0 Å². The summed E-state index contributed by atoms with van der Waals surface area (Å²) in [7, 11) is 0. The smallest absolute Gasteiger partial charge is 0.0351 e. The topological polar surface area (TPSA) is 0 Å². The molecule has 0 rings (SSSR count). The average molecular weight is 208 g/mol. The van der Waals surface area contributed by atoms with Gasteiger partial charge >= 0.3 is 0 Å². The molecule has 0 atom stereocenters. The standard InChI is InChI=1S/C15H28/c1-3-5-7-9-11-13-15-14-12-10-8-6-4-2/h3,5,10,12H,4,6-9,11,13-15H2,1-2H3. The van der Waals surface area contributed by atoms with Gasteiger partial charge in [-0.25, -0.2) is 0 Å². The summed E-state index contributed by atoms with van der Waals surface area (Å²) in [5.41, 5.74) is 0. The number of allylic oxidation sites excluding steroid dienone is 4. The normalized spacial score (nSPS) is 11.9. The lowest BCUT2D eigenvalue weighted by Crippen LogP contribution is -1.76. The SMILES string of the molecule is CC=CCCCCCCC=CCCCC. The van der Waals surface area contributed by atoms with E-state index in [2.05, 4.69) is 38.2 Å². The van der Waals surface area contributed by atoms with Crippen LogP contribution in [0, 0.1) is 0 Å². The molecule has 0 aromatic heterocycles. The molecule has 0 heterocycles. The zero-order valence-corrected chi connectivity index (χ0v) is 10.7. The zero-order valence-electron chi connectivity index (χ0n) is 10.7. The molecular formula is C15H28. The largest absolute Gasteiger partial charge is 0.0917 e. The maximum absolute atomic E-state index is 2.36. The number of hydrogen-bond donors (Lipinski definition) is 0. The van der Waals surface area contributed by atoms with Crippen LogP contribution < -0.4 is 0 Å². The molecular weight excluding hydrogens is 180 g/mol. The minimum atomic E-state index is 1.27. The van der Waals surface area contributed by atoms with E-state index in [1.54, 1.807) is 0 Å². The molecule has 0 nitrogen and oxygen atoms in total. The molecule has 0 aliphatic carbocycles. The minimum Gasteiger partial charge on any atom is -0.0917 e. The molecule has 0 fully saturated rings. The van der Waals surface area contributed by atoms with Gasteiger partial charge in [0.25, 0.3) is 0 Å². The summed E-state index contributed by atoms with van der Waals surface area (Å²) >= 11 is 0. The first-order valence-corrected chi connectivity index (χ1v) is 6.68. The molecule has 88 valence electrons. The molecule has 0 bridgehead atoms. The monoisotopic (exact) mass is 208 g/mol. The predicted molar refractivity (Wildman–Crippen MR) is 71.2 cm³/mol. The van der Waals surface area contributed by atoms with Crippen molar-refractivity contribution in [3.8, 4) is 0 Å². The van der Waals surface area contributed by atoms with Crippen molar-refractivity contribution in [3.05, 3.63) is 24.3 Å². The molecule has 0 unspecified atom stereocenters. The second kappa shape index (κ2) is 13.5. The van der Waals surface area contributed by atoms with E-state index in [0.717, 1.165) is 0 Å². The van der Waals surface area contributed by atoms with Crippen LogP contribution in [0.15, 0.2) is 24.3 Å². The minimum absolute atomic E-state index is 1.27. The van der Waals surface area contributed by atoms with E-state index in [0.29, 0.717) is 0 Å². The summed E-state index contributed by atoms with van der Waals surface area (Å²) in [5.74, 6) is 0. The van der Waals surface area contributed by atoms with Gasteiger partial charge in [-0.05, 0) is 39.0 Å². The van der Waals surface area contributed by atoms with Crippen molar-refractivity contribution in [2.24, 2.45) is 0 Å². The molecule has 0 aliphatic rings. The van der Waals surface area contributed by atoms with Crippen molar-refractivity contribution in [2.45, 2.75) is 71.6 Å². The lowest BCUT2D eigenvalue weighted by Gasteiger charge is -1.96. The molecule has 0 aromatic carbocycles. The molecule has 0 aliphatic heterocycles. The van der Waals surface area contributed by atoms with Crippen molar-refractivity contribution >= 4 is 0 Å². The fraction of sp³-hybridized carbons (Fsp3) is 0.733. The Morgan fingerprint density at radius 3 is 1.73 bits per heavy atom. The molecule has 0 N–H and O–H groups in total. The highest BCUT2D eigenvalue weighted by atomic mass is 13.9. The Morgan fingerprint density at radius 1 is 0.667 bits per heavy atom. The van der Waals surface area contributed by atoms with E-state index < -0.39 is 0 Å². The van der Waals surface area contributed by atoms with Gasteiger partial charge in [0.1, 0.15) is 0 Å². The summed E-state index contributed by atoms with van der Waals surface area (Å²) in [5, 5.41) is 0. The van der Waals surface area contributed by atoms with Gasteiger partial charge in [-0.2, -0.15) is 0 Å². The first-order valence-electron chi connectivity index (χ1n) is 6.68. The molecule has 0 saturated heterocycles. The fourth-order valence-corrected chi connectivity index (χ4v) is 1.60. The maximum atomic E-state index is 2.36. The van der Waals surface area contributed by atoms with Crippen molar-refractivity contribution in [3.63, 3.8) is 0 Å². The highest BCUT2D eigenvalue weighted by Gasteiger charge is 1.87. The van der Waals surface area contributed by atoms with Crippen molar-refractivity contribution < 1.29 is 0 Å². The lowest BCUT2D eigenvalue weighted by molar-refractivity contribution is 0.651. The molecule has 0 radical (unpaired) electrons. The second-order valence-electron chi connectivity index (χ2n) is 4.17. The summed E-state index contributed by atoms with van der Waals surface area (Å²) in [6.07, 6.45) is 21.2. The fourth-order valence-electron chi connectivity index (χ4n) is 1.60. The van der Waals surface area contributed by atoms with Crippen LogP contribution in [-0.4, -0.2) is 0 Å². The third kappa shape index (κ3) is 13.5. The van der Waals surface area contributed by atoms with E-state index in [-0.39, 0.29) is 0 Å². The third-order valence-electron chi connectivity index (χ3n) is 2.62. The van der Waals surface area contributed by atoms with Gasteiger partial charge in [0.2, 0.25) is 0 Å². The average Bonchev–Trinajstić information content (AvgIpc) is 2.26. The van der Waals surface area contributed by atoms with E-state index in [1.165, 1.54) is 57.8 Å². The third-order valence-corrected chi connectivity index (χ3v) is 2.62. The molecule has 0 spiro atoms. The predicted octanol–water partition coefficient (Wildman–Crippen LogP) is 5.65. The van der Waals surface area contributed by atoms with Crippen LogP contribution in [0.4, 0.5) is 0 Å². The van der Waals surface area contributed by atoms with Crippen LogP contribution >= 0.6 is 0 Å². The first kappa shape index (κ1) is 14.5. The Labute approximate surface area is 96.5 Å². The van der Waals surface area contributed by atoms with Crippen LogP contribution in [0.1, 0.15) is 71.6 Å². The Kier molecular flexibility index (Phi) is 13.0.